The van der Waals surface area contributed by atoms with Crippen molar-refractivity contribution < 1.29 is 4.39 Å². The molecule has 1 saturated carbocycles. The molecule has 86 valence electrons. The van der Waals surface area contributed by atoms with Crippen molar-refractivity contribution in [3.63, 3.8) is 0 Å². The minimum atomic E-state index is -0.252. The van der Waals surface area contributed by atoms with Crippen molar-refractivity contribution in [2.24, 2.45) is 0 Å². The van der Waals surface area contributed by atoms with Gasteiger partial charge in [0.15, 0.2) is 0 Å². The number of hydrogen-bond donors (Lipinski definition) is 1. The zero-order valence-electron chi connectivity index (χ0n) is 9.23. The van der Waals surface area contributed by atoms with Gasteiger partial charge in [0, 0.05) is 17.2 Å². The average molecular weight is 229 g/mol. The van der Waals surface area contributed by atoms with Crippen molar-refractivity contribution in [2.75, 3.05) is 5.73 Å². The summed E-state index contributed by atoms with van der Waals surface area (Å²) in [5, 5.41) is 0. The largest absolute Gasteiger partial charge is 0.368 e. The molecule has 1 fully saturated rings. The van der Waals surface area contributed by atoms with Crippen LogP contribution in [0.3, 0.4) is 0 Å². The Morgan fingerprint density at radius 2 is 1.82 bits per heavy atom. The van der Waals surface area contributed by atoms with Crippen molar-refractivity contribution >= 4 is 5.95 Å². The van der Waals surface area contributed by atoms with E-state index >= 15 is 0 Å². The molecule has 2 N–H and O–H groups in total. The summed E-state index contributed by atoms with van der Waals surface area (Å²) < 4.78 is 12.8. The van der Waals surface area contributed by atoms with Crippen LogP contribution in [-0.2, 0) is 0 Å². The highest BCUT2D eigenvalue weighted by Gasteiger charge is 2.26. The summed E-state index contributed by atoms with van der Waals surface area (Å²) in [6.45, 7) is 0. The van der Waals surface area contributed by atoms with Crippen LogP contribution in [0.15, 0.2) is 30.3 Å². The molecule has 3 nitrogen and oxygen atoms in total. The Bertz CT molecular complexity index is 547. The van der Waals surface area contributed by atoms with Gasteiger partial charge in [0.1, 0.15) is 5.82 Å². The van der Waals surface area contributed by atoms with Gasteiger partial charge in [-0.25, -0.2) is 14.4 Å². The maximum atomic E-state index is 12.8. The minimum absolute atomic E-state index is 0.252. The van der Waals surface area contributed by atoms with E-state index in [4.69, 9.17) is 5.73 Å². The van der Waals surface area contributed by atoms with Crippen LogP contribution in [0.25, 0.3) is 11.3 Å². The molecule has 0 bridgehead atoms. The van der Waals surface area contributed by atoms with E-state index in [1.165, 1.54) is 25.0 Å². The molecule has 0 aliphatic heterocycles. The predicted molar refractivity (Wildman–Crippen MR) is 63.8 cm³/mol. The Kier molecular flexibility index (Phi) is 2.28. The van der Waals surface area contributed by atoms with E-state index < -0.39 is 0 Å². The highest BCUT2D eigenvalue weighted by molar-refractivity contribution is 5.60. The highest BCUT2D eigenvalue weighted by Crippen LogP contribution is 2.40. The molecular weight excluding hydrogens is 217 g/mol. The molecule has 0 saturated heterocycles. The lowest BCUT2D eigenvalue weighted by atomic mass is 10.1. The Morgan fingerprint density at radius 3 is 2.47 bits per heavy atom. The van der Waals surface area contributed by atoms with Crippen molar-refractivity contribution in [2.45, 2.75) is 18.8 Å². The highest BCUT2D eigenvalue weighted by atomic mass is 19.1. The van der Waals surface area contributed by atoms with Crippen molar-refractivity contribution in [3.8, 4) is 11.3 Å². The lowest BCUT2D eigenvalue weighted by Crippen LogP contribution is -2.00. The fraction of sp³-hybridized carbons (Fsp3) is 0.231. The van der Waals surface area contributed by atoms with Crippen LogP contribution in [0.5, 0.6) is 0 Å². The van der Waals surface area contributed by atoms with Gasteiger partial charge in [-0.1, -0.05) is 0 Å². The Morgan fingerprint density at radius 1 is 1.12 bits per heavy atom. The van der Waals surface area contributed by atoms with Crippen LogP contribution >= 0.6 is 0 Å². The lowest BCUT2D eigenvalue weighted by molar-refractivity contribution is 0.628. The molecule has 0 atom stereocenters. The predicted octanol–water partition coefficient (Wildman–Crippen LogP) is 2.74. The van der Waals surface area contributed by atoms with Gasteiger partial charge in [-0.2, -0.15) is 0 Å². The van der Waals surface area contributed by atoms with E-state index in [-0.39, 0.29) is 11.8 Å². The van der Waals surface area contributed by atoms with Gasteiger partial charge in [0.2, 0.25) is 5.95 Å². The molecule has 0 unspecified atom stereocenters. The van der Waals surface area contributed by atoms with Crippen molar-refractivity contribution in [3.05, 3.63) is 41.8 Å². The summed E-state index contributed by atoms with van der Waals surface area (Å²) in [4.78, 5) is 8.42. The Labute approximate surface area is 98.5 Å². The standard InChI is InChI=1S/C13H12FN3/c14-10-5-3-9(4-6-10)12-7-11(8-1-2-8)16-13(15)17-12/h3-8H,1-2H2,(H2,15,16,17). The number of benzene rings is 1. The van der Waals surface area contributed by atoms with Gasteiger partial charge in [-0.05, 0) is 43.2 Å². The maximum Gasteiger partial charge on any atom is 0.220 e. The second kappa shape index (κ2) is 3.80. The monoisotopic (exact) mass is 229 g/mol. The normalized spacial score (nSPS) is 14.9. The van der Waals surface area contributed by atoms with Crippen LogP contribution in [0.1, 0.15) is 24.5 Å². The molecule has 0 amide bonds. The third-order valence-electron chi connectivity index (χ3n) is 2.90. The topological polar surface area (TPSA) is 51.8 Å². The third kappa shape index (κ3) is 2.11. The molecular formula is C13H12FN3. The van der Waals surface area contributed by atoms with E-state index in [9.17, 15) is 4.39 Å². The maximum absolute atomic E-state index is 12.8. The molecule has 1 aromatic carbocycles. The van der Waals surface area contributed by atoms with Crippen molar-refractivity contribution in [1.82, 2.24) is 9.97 Å². The summed E-state index contributed by atoms with van der Waals surface area (Å²) >= 11 is 0. The van der Waals surface area contributed by atoms with E-state index in [0.29, 0.717) is 5.92 Å². The zero-order valence-corrected chi connectivity index (χ0v) is 9.23. The summed E-state index contributed by atoms with van der Waals surface area (Å²) in [6.07, 6.45) is 2.33. The molecule has 0 spiro atoms. The number of hydrogen-bond acceptors (Lipinski definition) is 3. The molecule has 4 heteroatoms. The fourth-order valence-corrected chi connectivity index (χ4v) is 1.84. The van der Waals surface area contributed by atoms with E-state index in [2.05, 4.69) is 9.97 Å². The third-order valence-corrected chi connectivity index (χ3v) is 2.90. The first kappa shape index (κ1) is 10.2. The fourth-order valence-electron chi connectivity index (χ4n) is 1.84. The molecule has 1 heterocycles. The molecule has 1 aliphatic rings. The molecule has 1 aromatic heterocycles. The molecule has 2 aromatic rings. The van der Waals surface area contributed by atoms with E-state index in [1.54, 1.807) is 12.1 Å². The zero-order chi connectivity index (χ0) is 11.8. The summed E-state index contributed by atoms with van der Waals surface area (Å²) in [6, 6.07) is 8.19. The van der Waals surface area contributed by atoms with Crippen LogP contribution in [0, 0.1) is 5.82 Å². The minimum Gasteiger partial charge on any atom is -0.368 e. The summed E-state index contributed by atoms with van der Waals surface area (Å²) in [7, 11) is 0. The number of nitrogen functional groups attached to an aromatic ring is 1. The first-order chi connectivity index (χ1) is 8.22. The van der Waals surface area contributed by atoms with Crippen LogP contribution in [0.2, 0.25) is 0 Å². The van der Waals surface area contributed by atoms with Gasteiger partial charge >= 0.3 is 0 Å². The number of aromatic nitrogens is 2. The Hall–Kier alpha value is -1.97. The average Bonchev–Trinajstić information content (AvgIpc) is 3.13. The van der Waals surface area contributed by atoms with Crippen LogP contribution in [0.4, 0.5) is 10.3 Å². The van der Waals surface area contributed by atoms with Gasteiger partial charge < -0.3 is 5.73 Å². The SMILES string of the molecule is Nc1nc(-c2ccc(F)cc2)cc(C2CC2)n1. The second-order valence-corrected chi connectivity index (χ2v) is 4.32. The molecule has 3 rings (SSSR count). The first-order valence-corrected chi connectivity index (χ1v) is 5.63. The second-order valence-electron chi connectivity index (χ2n) is 4.32. The van der Waals surface area contributed by atoms with Crippen LogP contribution in [-0.4, -0.2) is 9.97 Å². The van der Waals surface area contributed by atoms with Gasteiger partial charge in [0.05, 0.1) is 5.69 Å². The summed E-state index contributed by atoms with van der Waals surface area (Å²) in [5.74, 6) is 0.561. The van der Waals surface area contributed by atoms with Crippen LogP contribution < -0.4 is 5.73 Å². The number of nitrogens with two attached hydrogens (primary N) is 1. The number of rotatable bonds is 2. The molecule has 0 radical (unpaired) electrons. The van der Waals surface area contributed by atoms with E-state index in [0.717, 1.165) is 17.0 Å². The smallest absolute Gasteiger partial charge is 0.220 e. The first-order valence-electron chi connectivity index (χ1n) is 5.63. The Balaban J connectivity index is 2.04. The van der Waals surface area contributed by atoms with Gasteiger partial charge in [0.25, 0.3) is 0 Å². The van der Waals surface area contributed by atoms with Crippen molar-refractivity contribution in [1.29, 1.82) is 0 Å². The van der Waals surface area contributed by atoms with Gasteiger partial charge in [-0.15, -0.1) is 0 Å². The van der Waals surface area contributed by atoms with Gasteiger partial charge in [-0.3, -0.25) is 0 Å². The number of anilines is 1. The van der Waals surface area contributed by atoms with E-state index in [1.807, 2.05) is 6.07 Å². The molecule has 17 heavy (non-hydrogen) atoms. The number of halogens is 1. The quantitative estimate of drug-likeness (QED) is 0.861. The lowest BCUT2D eigenvalue weighted by Gasteiger charge is -2.05. The molecule has 1 aliphatic carbocycles. The number of nitrogens with zero attached hydrogens (tertiary/aromatic N) is 2. The summed E-state index contributed by atoms with van der Waals surface area (Å²) in [5.41, 5.74) is 8.32.